The van der Waals surface area contributed by atoms with Crippen molar-refractivity contribution in [2.24, 2.45) is 11.3 Å². The SMILES string of the molecule is O=C(O)c1csc(C(=O)NC[C@@H]2CCC3(CCOCC3)[C@@H]2O)c1. The van der Waals surface area contributed by atoms with Gasteiger partial charge < -0.3 is 20.3 Å². The molecule has 1 aromatic rings. The van der Waals surface area contributed by atoms with Crippen LogP contribution in [0.3, 0.4) is 0 Å². The molecule has 1 saturated heterocycles. The Morgan fingerprint density at radius 1 is 1.35 bits per heavy atom. The fourth-order valence-corrected chi connectivity index (χ4v) is 4.49. The van der Waals surface area contributed by atoms with Gasteiger partial charge in [-0.25, -0.2) is 4.79 Å². The number of hydrogen-bond acceptors (Lipinski definition) is 5. The maximum atomic E-state index is 12.1. The van der Waals surface area contributed by atoms with Gasteiger partial charge in [0, 0.05) is 36.5 Å². The molecule has 1 amide bonds. The van der Waals surface area contributed by atoms with Gasteiger partial charge in [0.05, 0.1) is 16.5 Å². The summed E-state index contributed by atoms with van der Waals surface area (Å²) in [6.45, 7) is 1.81. The van der Waals surface area contributed by atoms with Crippen LogP contribution in [0.25, 0.3) is 0 Å². The van der Waals surface area contributed by atoms with Gasteiger partial charge in [0.2, 0.25) is 0 Å². The Labute approximate surface area is 138 Å². The summed E-state index contributed by atoms with van der Waals surface area (Å²) in [6.07, 6.45) is 3.22. The molecule has 0 aromatic carbocycles. The van der Waals surface area contributed by atoms with Crippen molar-refractivity contribution >= 4 is 23.2 Å². The number of aliphatic hydroxyl groups is 1. The number of aromatic carboxylic acids is 1. The topological polar surface area (TPSA) is 95.9 Å². The summed E-state index contributed by atoms with van der Waals surface area (Å²) in [5.74, 6) is -1.26. The number of carboxylic acids is 1. The minimum Gasteiger partial charge on any atom is -0.478 e. The summed E-state index contributed by atoms with van der Waals surface area (Å²) in [5.41, 5.74) is 0.0785. The van der Waals surface area contributed by atoms with E-state index < -0.39 is 12.1 Å². The van der Waals surface area contributed by atoms with Crippen molar-refractivity contribution in [1.29, 1.82) is 0 Å². The van der Waals surface area contributed by atoms with E-state index in [4.69, 9.17) is 9.84 Å². The molecule has 2 atom stereocenters. The minimum absolute atomic E-state index is 0.0486. The molecule has 1 spiro atoms. The Morgan fingerprint density at radius 3 is 2.74 bits per heavy atom. The third-order valence-electron chi connectivity index (χ3n) is 5.17. The van der Waals surface area contributed by atoms with E-state index in [-0.39, 0.29) is 22.8 Å². The molecule has 7 heteroatoms. The van der Waals surface area contributed by atoms with Crippen LogP contribution in [0.4, 0.5) is 0 Å². The van der Waals surface area contributed by atoms with E-state index >= 15 is 0 Å². The van der Waals surface area contributed by atoms with Gasteiger partial charge in [0.1, 0.15) is 0 Å². The molecule has 3 rings (SSSR count). The number of carboxylic acid groups (broad SMARTS) is 1. The molecule has 1 aromatic heterocycles. The fourth-order valence-electron chi connectivity index (χ4n) is 3.69. The van der Waals surface area contributed by atoms with Crippen LogP contribution in [0, 0.1) is 11.3 Å². The predicted octanol–water partition coefficient (Wildman–Crippen LogP) is 1.74. The van der Waals surface area contributed by atoms with E-state index in [1.54, 1.807) is 0 Å². The highest BCUT2D eigenvalue weighted by atomic mass is 32.1. The number of rotatable bonds is 4. The highest BCUT2D eigenvalue weighted by molar-refractivity contribution is 7.12. The Kier molecular flexibility index (Phi) is 4.70. The lowest BCUT2D eigenvalue weighted by Gasteiger charge is -2.37. The number of carbonyl (C=O) groups excluding carboxylic acids is 1. The van der Waals surface area contributed by atoms with Gasteiger partial charge in [0.25, 0.3) is 5.91 Å². The van der Waals surface area contributed by atoms with Crippen LogP contribution < -0.4 is 5.32 Å². The second-order valence-corrected chi connectivity index (χ2v) is 7.34. The van der Waals surface area contributed by atoms with Crippen molar-refractivity contribution in [2.75, 3.05) is 19.8 Å². The molecule has 1 aliphatic carbocycles. The quantitative estimate of drug-likeness (QED) is 0.776. The van der Waals surface area contributed by atoms with E-state index in [1.807, 2.05) is 0 Å². The Bertz CT molecular complexity index is 593. The first-order chi connectivity index (χ1) is 11.0. The largest absolute Gasteiger partial charge is 0.478 e. The van der Waals surface area contributed by atoms with Gasteiger partial charge in [-0.3, -0.25) is 4.79 Å². The van der Waals surface area contributed by atoms with E-state index in [0.29, 0.717) is 24.6 Å². The number of aliphatic hydroxyl groups excluding tert-OH is 1. The van der Waals surface area contributed by atoms with Crippen LogP contribution >= 0.6 is 11.3 Å². The number of carbonyl (C=O) groups is 2. The fraction of sp³-hybridized carbons (Fsp3) is 0.625. The highest BCUT2D eigenvalue weighted by Crippen LogP contribution is 2.48. The highest BCUT2D eigenvalue weighted by Gasteiger charge is 2.48. The zero-order valence-electron chi connectivity index (χ0n) is 12.8. The molecule has 1 saturated carbocycles. The second-order valence-electron chi connectivity index (χ2n) is 6.43. The van der Waals surface area contributed by atoms with Gasteiger partial charge in [-0.1, -0.05) is 0 Å². The van der Waals surface area contributed by atoms with Crippen LogP contribution in [-0.4, -0.2) is 48.0 Å². The first-order valence-electron chi connectivity index (χ1n) is 7.88. The Balaban J connectivity index is 1.55. The summed E-state index contributed by atoms with van der Waals surface area (Å²) in [6, 6.07) is 1.38. The van der Waals surface area contributed by atoms with Gasteiger partial charge in [-0.05, 0) is 31.7 Å². The standard InChI is InChI=1S/C16H21NO5S/c18-13-10(1-2-16(13)3-5-22-6-4-16)8-17-14(19)12-7-11(9-23-12)15(20)21/h7,9-10,13,18H,1-6,8H2,(H,17,19)(H,20,21)/t10-,13+/m0/s1. The van der Waals surface area contributed by atoms with Crippen molar-refractivity contribution in [1.82, 2.24) is 5.32 Å². The van der Waals surface area contributed by atoms with E-state index in [0.717, 1.165) is 37.0 Å². The summed E-state index contributed by atoms with van der Waals surface area (Å²) in [5, 5.41) is 23.8. The number of thiophene rings is 1. The number of ether oxygens (including phenoxy) is 1. The molecule has 2 aliphatic rings. The van der Waals surface area contributed by atoms with Crippen molar-refractivity contribution in [2.45, 2.75) is 31.8 Å². The maximum Gasteiger partial charge on any atom is 0.336 e. The molecule has 23 heavy (non-hydrogen) atoms. The molecular formula is C16H21NO5S. The van der Waals surface area contributed by atoms with E-state index in [2.05, 4.69) is 5.32 Å². The van der Waals surface area contributed by atoms with Crippen LogP contribution in [-0.2, 0) is 4.74 Å². The molecule has 2 fully saturated rings. The van der Waals surface area contributed by atoms with Crippen molar-refractivity contribution in [3.63, 3.8) is 0 Å². The van der Waals surface area contributed by atoms with Crippen LogP contribution in [0.5, 0.6) is 0 Å². The van der Waals surface area contributed by atoms with Crippen LogP contribution in [0.1, 0.15) is 45.7 Å². The lowest BCUT2D eigenvalue weighted by Crippen LogP contribution is -2.41. The third kappa shape index (κ3) is 3.27. The average Bonchev–Trinajstić information content (AvgIpc) is 3.14. The van der Waals surface area contributed by atoms with Crippen LogP contribution in [0.15, 0.2) is 11.4 Å². The zero-order chi connectivity index (χ0) is 16.4. The molecule has 6 nitrogen and oxygen atoms in total. The van der Waals surface area contributed by atoms with Gasteiger partial charge in [-0.2, -0.15) is 0 Å². The summed E-state index contributed by atoms with van der Waals surface area (Å²) < 4.78 is 5.39. The molecule has 1 aliphatic heterocycles. The Hall–Kier alpha value is -1.44. The molecule has 2 heterocycles. The van der Waals surface area contributed by atoms with Gasteiger partial charge in [-0.15, -0.1) is 11.3 Å². The van der Waals surface area contributed by atoms with E-state index in [1.165, 1.54) is 11.4 Å². The number of nitrogens with one attached hydrogen (secondary N) is 1. The number of hydrogen-bond donors (Lipinski definition) is 3. The molecule has 3 N–H and O–H groups in total. The zero-order valence-corrected chi connectivity index (χ0v) is 13.6. The lowest BCUT2D eigenvalue weighted by molar-refractivity contribution is -0.0555. The smallest absolute Gasteiger partial charge is 0.336 e. The van der Waals surface area contributed by atoms with Gasteiger partial charge >= 0.3 is 5.97 Å². The first kappa shape index (κ1) is 16.4. The maximum absolute atomic E-state index is 12.1. The van der Waals surface area contributed by atoms with Gasteiger partial charge in [0.15, 0.2) is 0 Å². The monoisotopic (exact) mass is 339 g/mol. The predicted molar refractivity (Wildman–Crippen MR) is 84.8 cm³/mol. The molecule has 0 bridgehead atoms. The van der Waals surface area contributed by atoms with Crippen molar-refractivity contribution in [3.8, 4) is 0 Å². The number of amides is 1. The normalized spacial score (nSPS) is 26.3. The van der Waals surface area contributed by atoms with E-state index in [9.17, 15) is 14.7 Å². The second kappa shape index (κ2) is 6.59. The molecule has 0 radical (unpaired) electrons. The Morgan fingerprint density at radius 2 is 2.09 bits per heavy atom. The summed E-state index contributed by atoms with van der Waals surface area (Å²) in [7, 11) is 0. The molecule has 0 unspecified atom stereocenters. The third-order valence-corrected chi connectivity index (χ3v) is 6.10. The minimum atomic E-state index is -1.03. The average molecular weight is 339 g/mol. The van der Waals surface area contributed by atoms with Crippen molar-refractivity contribution < 1.29 is 24.5 Å². The first-order valence-corrected chi connectivity index (χ1v) is 8.76. The van der Waals surface area contributed by atoms with Crippen LogP contribution in [0.2, 0.25) is 0 Å². The summed E-state index contributed by atoms with van der Waals surface area (Å²) in [4.78, 5) is 23.4. The van der Waals surface area contributed by atoms with Crippen molar-refractivity contribution in [3.05, 3.63) is 21.9 Å². The molecule has 126 valence electrons. The molecular weight excluding hydrogens is 318 g/mol. The summed E-state index contributed by atoms with van der Waals surface area (Å²) >= 11 is 1.12. The lowest BCUT2D eigenvalue weighted by atomic mass is 9.76.